The number of aromatic nitrogens is 2. The van der Waals surface area contributed by atoms with Crippen LogP contribution in [0.4, 0.5) is 21.8 Å². The lowest BCUT2D eigenvalue weighted by molar-refractivity contribution is 0.0950. The summed E-state index contributed by atoms with van der Waals surface area (Å²) in [4.78, 5) is 19.8. The largest absolute Gasteiger partial charge is 0.383 e. The first-order valence-electron chi connectivity index (χ1n) is 8.75. The molecule has 0 saturated carbocycles. The second-order valence-electron chi connectivity index (χ2n) is 6.17. The third kappa shape index (κ3) is 4.94. The zero-order valence-electron chi connectivity index (χ0n) is 15.2. The second-order valence-corrected chi connectivity index (χ2v) is 6.17. The molecule has 0 saturated heterocycles. The Kier molecular flexibility index (Phi) is 6.01. The van der Waals surface area contributed by atoms with E-state index < -0.39 is 11.7 Å². The van der Waals surface area contributed by atoms with Crippen molar-refractivity contribution in [3.05, 3.63) is 77.2 Å². The number of nitrogen functional groups attached to an aromatic ring is 2. The predicted molar refractivity (Wildman–Crippen MR) is 107 cm³/mol. The van der Waals surface area contributed by atoms with Crippen molar-refractivity contribution in [1.82, 2.24) is 15.3 Å². The van der Waals surface area contributed by atoms with Gasteiger partial charge in [-0.15, -0.1) is 0 Å². The minimum absolute atomic E-state index is 0.0490. The molecule has 0 atom stereocenters. The maximum absolute atomic E-state index is 13.6. The molecule has 0 fully saturated rings. The van der Waals surface area contributed by atoms with E-state index in [9.17, 15) is 9.18 Å². The zero-order chi connectivity index (χ0) is 19.9. The number of anilines is 3. The van der Waals surface area contributed by atoms with E-state index in [1.54, 1.807) is 18.3 Å². The monoisotopic (exact) mass is 380 g/mol. The molecular formula is C20H21FN6O. The van der Waals surface area contributed by atoms with E-state index in [4.69, 9.17) is 11.5 Å². The van der Waals surface area contributed by atoms with Crippen molar-refractivity contribution in [2.45, 2.75) is 13.0 Å². The summed E-state index contributed by atoms with van der Waals surface area (Å²) in [6.07, 6.45) is 2.23. The fourth-order valence-electron chi connectivity index (χ4n) is 2.62. The van der Waals surface area contributed by atoms with Crippen LogP contribution in [0.5, 0.6) is 0 Å². The molecule has 0 bridgehead atoms. The third-order valence-electron chi connectivity index (χ3n) is 4.17. The highest BCUT2D eigenvalue weighted by atomic mass is 19.1. The van der Waals surface area contributed by atoms with Gasteiger partial charge in [0.2, 0.25) is 5.95 Å². The molecule has 0 spiro atoms. The number of hydrogen-bond donors (Lipinski definition) is 4. The van der Waals surface area contributed by atoms with E-state index in [-0.39, 0.29) is 11.5 Å². The number of amides is 1. The SMILES string of the molecule is Nc1ncc(CNc2ccc(CCNC(=O)c3ccccc3F)cc2)c(N)n1. The first-order valence-corrected chi connectivity index (χ1v) is 8.75. The highest BCUT2D eigenvalue weighted by Gasteiger charge is 2.09. The van der Waals surface area contributed by atoms with Crippen LogP contribution in [0.15, 0.2) is 54.7 Å². The van der Waals surface area contributed by atoms with Crippen LogP contribution >= 0.6 is 0 Å². The molecule has 1 aromatic heterocycles. The second kappa shape index (κ2) is 8.81. The molecule has 0 aliphatic carbocycles. The number of hydrogen-bond acceptors (Lipinski definition) is 6. The molecule has 8 heteroatoms. The van der Waals surface area contributed by atoms with Gasteiger partial charge in [-0.2, -0.15) is 4.98 Å². The summed E-state index contributed by atoms with van der Waals surface area (Å²) >= 11 is 0. The lowest BCUT2D eigenvalue weighted by Gasteiger charge is -2.10. The molecule has 7 nitrogen and oxygen atoms in total. The van der Waals surface area contributed by atoms with Crippen molar-refractivity contribution in [1.29, 1.82) is 0 Å². The van der Waals surface area contributed by atoms with Crippen molar-refractivity contribution in [3.8, 4) is 0 Å². The standard InChI is InChI=1S/C20H21FN6O/c21-17-4-2-1-3-16(17)19(28)24-10-9-13-5-7-15(8-6-13)25-11-14-12-26-20(23)27-18(14)22/h1-8,12,25H,9-11H2,(H,24,28)(H4,22,23,26,27). The average molecular weight is 380 g/mol. The number of carbonyl (C=O) groups is 1. The van der Waals surface area contributed by atoms with Gasteiger partial charge in [0.05, 0.1) is 5.56 Å². The van der Waals surface area contributed by atoms with Crippen LogP contribution in [0.1, 0.15) is 21.5 Å². The Morgan fingerprint density at radius 1 is 1.07 bits per heavy atom. The lowest BCUT2D eigenvalue weighted by atomic mass is 10.1. The molecule has 28 heavy (non-hydrogen) atoms. The lowest BCUT2D eigenvalue weighted by Crippen LogP contribution is -2.26. The Bertz CT molecular complexity index is 961. The van der Waals surface area contributed by atoms with Crippen LogP contribution in [0, 0.1) is 5.82 Å². The highest BCUT2D eigenvalue weighted by molar-refractivity contribution is 5.94. The Labute approximate surface area is 162 Å². The summed E-state index contributed by atoms with van der Waals surface area (Å²) in [5.41, 5.74) is 14.1. The van der Waals surface area contributed by atoms with Crippen LogP contribution in [0.3, 0.4) is 0 Å². The van der Waals surface area contributed by atoms with Gasteiger partial charge in [-0.1, -0.05) is 24.3 Å². The summed E-state index contributed by atoms with van der Waals surface area (Å²) in [5.74, 6) is -0.447. The summed E-state index contributed by atoms with van der Waals surface area (Å²) in [6.45, 7) is 0.892. The molecule has 0 radical (unpaired) electrons. The molecule has 0 unspecified atom stereocenters. The molecule has 144 valence electrons. The minimum Gasteiger partial charge on any atom is -0.383 e. The van der Waals surface area contributed by atoms with Crippen molar-refractivity contribution in [3.63, 3.8) is 0 Å². The number of carbonyl (C=O) groups excluding carboxylic acids is 1. The molecule has 1 heterocycles. The smallest absolute Gasteiger partial charge is 0.254 e. The van der Waals surface area contributed by atoms with Gasteiger partial charge in [-0.25, -0.2) is 9.37 Å². The van der Waals surface area contributed by atoms with Crippen LogP contribution in [-0.2, 0) is 13.0 Å². The molecule has 1 amide bonds. The predicted octanol–water partition coefficient (Wildman–Crippen LogP) is 2.36. The van der Waals surface area contributed by atoms with Crippen molar-refractivity contribution in [2.24, 2.45) is 0 Å². The maximum Gasteiger partial charge on any atom is 0.254 e. The number of nitrogens with one attached hydrogen (secondary N) is 2. The zero-order valence-corrected chi connectivity index (χ0v) is 15.2. The summed E-state index contributed by atoms with van der Waals surface area (Å²) in [7, 11) is 0. The van der Waals surface area contributed by atoms with E-state index in [1.165, 1.54) is 12.1 Å². The fraction of sp³-hybridized carbons (Fsp3) is 0.150. The van der Waals surface area contributed by atoms with Crippen LogP contribution in [0.25, 0.3) is 0 Å². The normalized spacial score (nSPS) is 10.5. The molecule has 3 rings (SSSR count). The van der Waals surface area contributed by atoms with E-state index in [0.29, 0.717) is 25.3 Å². The van der Waals surface area contributed by atoms with Gasteiger partial charge in [-0.05, 0) is 36.2 Å². The first-order chi connectivity index (χ1) is 13.5. The average Bonchev–Trinajstić information content (AvgIpc) is 2.68. The Morgan fingerprint density at radius 2 is 1.82 bits per heavy atom. The first kappa shape index (κ1) is 19.1. The van der Waals surface area contributed by atoms with Gasteiger partial charge in [0.25, 0.3) is 5.91 Å². The van der Waals surface area contributed by atoms with Gasteiger partial charge < -0.3 is 22.1 Å². The van der Waals surface area contributed by atoms with Gasteiger partial charge in [-0.3, -0.25) is 4.79 Å². The molecule has 0 aliphatic heterocycles. The number of rotatable bonds is 7. The number of halogens is 1. The Balaban J connectivity index is 1.48. The highest BCUT2D eigenvalue weighted by Crippen LogP contribution is 2.14. The van der Waals surface area contributed by atoms with Crippen LogP contribution < -0.4 is 22.1 Å². The van der Waals surface area contributed by atoms with Crippen molar-refractivity contribution in [2.75, 3.05) is 23.3 Å². The minimum atomic E-state index is -0.525. The third-order valence-corrected chi connectivity index (χ3v) is 4.17. The Morgan fingerprint density at radius 3 is 2.54 bits per heavy atom. The van der Waals surface area contributed by atoms with Gasteiger partial charge in [0.1, 0.15) is 11.6 Å². The van der Waals surface area contributed by atoms with Crippen molar-refractivity contribution < 1.29 is 9.18 Å². The van der Waals surface area contributed by atoms with E-state index in [0.717, 1.165) is 16.8 Å². The summed E-state index contributed by atoms with van der Waals surface area (Å²) < 4.78 is 13.6. The topological polar surface area (TPSA) is 119 Å². The summed E-state index contributed by atoms with van der Waals surface area (Å²) in [5, 5.41) is 5.97. The molecular weight excluding hydrogens is 359 g/mol. The molecule has 6 N–H and O–H groups in total. The fourth-order valence-corrected chi connectivity index (χ4v) is 2.62. The van der Waals surface area contributed by atoms with Gasteiger partial charge >= 0.3 is 0 Å². The van der Waals surface area contributed by atoms with Crippen molar-refractivity contribution >= 4 is 23.4 Å². The Hall–Kier alpha value is -3.68. The van der Waals surface area contributed by atoms with E-state index in [2.05, 4.69) is 20.6 Å². The van der Waals surface area contributed by atoms with Crippen LogP contribution in [-0.4, -0.2) is 22.4 Å². The van der Waals surface area contributed by atoms with E-state index in [1.807, 2.05) is 24.3 Å². The molecule has 0 aliphatic rings. The number of benzene rings is 2. The van der Waals surface area contributed by atoms with Gasteiger partial charge in [0.15, 0.2) is 0 Å². The van der Waals surface area contributed by atoms with E-state index >= 15 is 0 Å². The molecule has 2 aromatic carbocycles. The number of nitrogens with zero attached hydrogens (tertiary/aromatic N) is 2. The quantitative estimate of drug-likeness (QED) is 0.500. The number of nitrogens with two attached hydrogens (primary N) is 2. The van der Waals surface area contributed by atoms with Gasteiger partial charge in [0, 0.05) is 30.5 Å². The summed E-state index contributed by atoms with van der Waals surface area (Å²) in [6, 6.07) is 13.7. The van der Waals surface area contributed by atoms with Crippen LogP contribution in [0.2, 0.25) is 0 Å². The maximum atomic E-state index is 13.6. The molecule has 3 aromatic rings.